The minimum Gasteiger partial charge on any atom is -0.380 e. The fourth-order valence-corrected chi connectivity index (χ4v) is 2.35. The van der Waals surface area contributed by atoms with E-state index in [-0.39, 0.29) is 0 Å². The van der Waals surface area contributed by atoms with Crippen molar-refractivity contribution in [3.8, 4) is 0 Å². The molecule has 0 saturated heterocycles. The molecule has 1 aromatic carbocycles. The van der Waals surface area contributed by atoms with E-state index in [1.54, 1.807) is 6.07 Å². The van der Waals surface area contributed by atoms with Crippen molar-refractivity contribution < 1.29 is 0 Å². The van der Waals surface area contributed by atoms with Crippen LogP contribution in [0.1, 0.15) is 11.3 Å². The van der Waals surface area contributed by atoms with Gasteiger partial charge in [-0.1, -0.05) is 23.7 Å². The Morgan fingerprint density at radius 1 is 1.10 bits per heavy atom. The minimum absolute atomic E-state index is 0.520. The number of aromatic nitrogens is 2. The summed E-state index contributed by atoms with van der Waals surface area (Å²) in [5.41, 5.74) is 3.13. The first-order chi connectivity index (χ1) is 9.72. The van der Waals surface area contributed by atoms with Crippen molar-refractivity contribution >= 4 is 28.1 Å². The van der Waals surface area contributed by atoms with Crippen LogP contribution in [0.5, 0.6) is 0 Å². The van der Waals surface area contributed by atoms with Crippen LogP contribution in [-0.2, 0) is 6.54 Å². The molecule has 100 valence electrons. The summed E-state index contributed by atoms with van der Waals surface area (Å²) in [6.45, 7) is 2.70. The highest BCUT2D eigenvalue weighted by molar-refractivity contribution is 6.29. The average Bonchev–Trinajstić information content (AvgIpc) is 2.46. The molecule has 1 N–H and O–H groups in total. The summed E-state index contributed by atoms with van der Waals surface area (Å²) < 4.78 is 0. The third kappa shape index (κ3) is 2.73. The summed E-state index contributed by atoms with van der Waals surface area (Å²) in [6.07, 6.45) is 3.69. The molecule has 0 fully saturated rings. The number of nitrogens with one attached hydrogen (secondary N) is 1. The van der Waals surface area contributed by atoms with Gasteiger partial charge in [0.15, 0.2) is 0 Å². The van der Waals surface area contributed by atoms with E-state index < -0.39 is 0 Å². The zero-order valence-corrected chi connectivity index (χ0v) is 11.9. The molecule has 0 bridgehead atoms. The van der Waals surface area contributed by atoms with Crippen molar-refractivity contribution in [1.82, 2.24) is 9.97 Å². The van der Waals surface area contributed by atoms with E-state index >= 15 is 0 Å². The molecule has 3 rings (SSSR count). The fourth-order valence-electron chi connectivity index (χ4n) is 2.16. The monoisotopic (exact) mass is 283 g/mol. The lowest BCUT2D eigenvalue weighted by Gasteiger charge is -2.09. The van der Waals surface area contributed by atoms with E-state index in [0.717, 1.165) is 23.3 Å². The highest BCUT2D eigenvalue weighted by atomic mass is 35.5. The number of hydrogen-bond donors (Lipinski definition) is 1. The third-order valence-electron chi connectivity index (χ3n) is 3.24. The molecule has 4 heteroatoms. The standard InChI is InChI=1S/C16H14ClN3/c1-11-15(4-5-16(17)20-11)19-9-12-2-3-14-10-18-7-6-13(14)8-12/h2-8,10,19H,9H2,1H3. The molecule has 0 aliphatic carbocycles. The second kappa shape index (κ2) is 5.47. The Morgan fingerprint density at radius 3 is 2.85 bits per heavy atom. The van der Waals surface area contributed by atoms with Crippen molar-refractivity contribution in [1.29, 1.82) is 0 Å². The van der Waals surface area contributed by atoms with Gasteiger partial charge in [-0.2, -0.15) is 0 Å². The highest BCUT2D eigenvalue weighted by Crippen LogP contribution is 2.18. The lowest BCUT2D eigenvalue weighted by Crippen LogP contribution is -2.02. The maximum absolute atomic E-state index is 5.85. The molecule has 0 radical (unpaired) electrons. The molecule has 2 heterocycles. The Kier molecular flexibility index (Phi) is 3.52. The topological polar surface area (TPSA) is 37.8 Å². The number of pyridine rings is 2. The van der Waals surface area contributed by atoms with Gasteiger partial charge in [-0.3, -0.25) is 4.98 Å². The second-order valence-corrected chi connectivity index (χ2v) is 5.06. The predicted octanol–water partition coefficient (Wildman–Crippen LogP) is 4.20. The van der Waals surface area contributed by atoms with Gasteiger partial charge in [-0.05, 0) is 42.1 Å². The van der Waals surface area contributed by atoms with Gasteiger partial charge >= 0.3 is 0 Å². The first-order valence-corrected chi connectivity index (χ1v) is 6.80. The number of aryl methyl sites for hydroxylation is 1. The van der Waals surface area contributed by atoms with Gasteiger partial charge in [-0.25, -0.2) is 4.98 Å². The molecular formula is C16H14ClN3. The quantitative estimate of drug-likeness (QED) is 0.732. The van der Waals surface area contributed by atoms with Gasteiger partial charge in [-0.15, -0.1) is 0 Å². The SMILES string of the molecule is Cc1nc(Cl)ccc1NCc1ccc2cnccc2c1. The van der Waals surface area contributed by atoms with Gasteiger partial charge in [0.2, 0.25) is 0 Å². The lowest BCUT2D eigenvalue weighted by molar-refractivity contribution is 1.11. The molecule has 0 saturated carbocycles. The summed E-state index contributed by atoms with van der Waals surface area (Å²) >= 11 is 5.85. The number of benzene rings is 1. The molecule has 0 spiro atoms. The van der Waals surface area contributed by atoms with Crippen molar-refractivity contribution in [2.24, 2.45) is 0 Å². The maximum atomic E-state index is 5.85. The molecule has 0 amide bonds. The van der Waals surface area contributed by atoms with Crippen LogP contribution in [0.3, 0.4) is 0 Å². The molecular weight excluding hydrogens is 270 g/mol. The van der Waals surface area contributed by atoms with Gasteiger partial charge < -0.3 is 5.32 Å². The van der Waals surface area contributed by atoms with Crippen molar-refractivity contribution in [2.75, 3.05) is 5.32 Å². The fraction of sp³-hybridized carbons (Fsp3) is 0.125. The van der Waals surface area contributed by atoms with Gasteiger partial charge in [0.1, 0.15) is 5.15 Å². The van der Waals surface area contributed by atoms with E-state index in [1.165, 1.54) is 10.9 Å². The van der Waals surface area contributed by atoms with E-state index in [0.29, 0.717) is 5.15 Å². The van der Waals surface area contributed by atoms with Crippen LogP contribution in [-0.4, -0.2) is 9.97 Å². The van der Waals surface area contributed by atoms with Crippen LogP contribution < -0.4 is 5.32 Å². The number of anilines is 1. The largest absolute Gasteiger partial charge is 0.380 e. The van der Waals surface area contributed by atoms with Crippen molar-refractivity contribution in [2.45, 2.75) is 13.5 Å². The second-order valence-electron chi connectivity index (χ2n) is 4.68. The molecule has 20 heavy (non-hydrogen) atoms. The predicted molar refractivity (Wildman–Crippen MR) is 83.1 cm³/mol. The van der Waals surface area contributed by atoms with Gasteiger partial charge in [0.25, 0.3) is 0 Å². The maximum Gasteiger partial charge on any atom is 0.129 e. The van der Waals surface area contributed by atoms with Crippen LogP contribution in [0.2, 0.25) is 5.15 Å². The smallest absolute Gasteiger partial charge is 0.129 e. The normalized spacial score (nSPS) is 10.7. The number of rotatable bonds is 3. The molecule has 2 aromatic heterocycles. The first kappa shape index (κ1) is 12.9. The molecule has 3 aromatic rings. The Hall–Kier alpha value is -2.13. The Labute approximate surface area is 122 Å². The van der Waals surface area contributed by atoms with Crippen LogP contribution in [0.4, 0.5) is 5.69 Å². The molecule has 0 aliphatic heterocycles. The average molecular weight is 284 g/mol. The van der Waals surface area contributed by atoms with E-state index in [1.807, 2.05) is 31.5 Å². The molecule has 0 aliphatic rings. The van der Waals surface area contributed by atoms with Gasteiger partial charge in [0.05, 0.1) is 11.4 Å². The van der Waals surface area contributed by atoms with E-state index in [2.05, 4.69) is 33.5 Å². The Morgan fingerprint density at radius 2 is 2.00 bits per heavy atom. The number of fused-ring (bicyclic) bond motifs is 1. The molecule has 0 unspecified atom stereocenters. The number of halogens is 1. The highest BCUT2D eigenvalue weighted by Gasteiger charge is 2.01. The van der Waals surface area contributed by atoms with Crippen LogP contribution in [0.25, 0.3) is 10.8 Å². The summed E-state index contributed by atoms with van der Waals surface area (Å²) in [5, 5.41) is 6.26. The molecule has 3 nitrogen and oxygen atoms in total. The number of nitrogens with zero attached hydrogens (tertiary/aromatic N) is 2. The summed E-state index contributed by atoms with van der Waals surface area (Å²) in [5.74, 6) is 0. The number of hydrogen-bond acceptors (Lipinski definition) is 3. The summed E-state index contributed by atoms with van der Waals surface area (Å²) in [7, 11) is 0. The summed E-state index contributed by atoms with van der Waals surface area (Å²) in [6, 6.07) is 12.1. The molecule has 0 atom stereocenters. The summed E-state index contributed by atoms with van der Waals surface area (Å²) in [4.78, 5) is 8.35. The van der Waals surface area contributed by atoms with Crippen molar-refractivity contribution in [3.05, 3.63) is 65.2 Å². The lowest BCUT2D eigenvalue weighted by atomic mass is 10.1. The zero-order valence-electron chi connectivity index (χ0n) is 11.1. The Balaban J connectivity index is 1.79. The van der Waals surface area contributed by atoms with E-state index in [4.69, 9.17) is 11.6 Å². The van der Waals surface area contributed by atoms with Gasteiger partial charge in [0, 0.05) is 24.3 Å². The minimum atomic E-state index is 0.520. The van der Waals surface area contributed by atoms with Crippen molar-refractivity contribution in [3.63, 3.8) is 0 Å². The zero-order chi connectivity index (χ0) is 13.9. The van der Waals surface area contributed by atoms with Crippen LogP contribution in [0.15, 0.2) is 48.8 Å². The van der Waals surface area contributed by atoms with Crippen LogP contribution >= 0.6 is 11.6 Å². The van der Waals surface area contributed by atoms with E-state index in [9.17, 15) is 0 Å². The third-order valence-corrected chi connectivity index (χ3v) is 3.45. The first-order valence-electron chi connectivity index (χ1n) is 6.42. The Bertz CT molecular complexity index is 756. The van der Waals surface area contributed by atoms with Crippen LogP contribution in [0, 0.1) is 6.92 Å².